The van der Waals surface area contributed by atoms with Crippen LogP contribution in [0.4, 0.5) is 5.82 Å². The summed E-state index contributed by atoms with van der Waals surface area (Å²) in [5.74, 6) is 0.927. The third-order valence-electron chi connectivity index (χ3n) is 3.96. The van der Waals surface area contributed by atoms with Crippen LogP contribution in [0.1, 0.15) is 11.1 Å². The monoisotopic (exact) mass is 287 g/mol. The van der Waals surface area contributed by atoms with E-state index >= 15 is 0 Å². The summed E-state index contributed by atoms with van der Waals surface area (Å²) in [6.45, 7) is 2.88. The molecular weight excluding hydrogens is 270 g/mol. The zero-order chi connectivity index (χ0) is 14.9. The van der Waals surface area contributed by atoms with E-state index in [0.29, 0.717) is 0 Å². The second kappa shape index (κ2) is 5.19. The number of hydrogen-bond acceptors (Lipinski definition) is 2. The van der Waals surface area contributed by atoms with Crippen LogP contribution in [0.3, 0.4) is 0 Å². The van der Waals surface area contributed by atoms with Crippen LogP contribution in [-0.4, -0.2) is 9.97 Å². The summed E-state index contributed by atoms with van der Waals surface area (Å²) in [4.78, 5) is 7.98. The molecule has 0 spiro atoms. The Morgan fingerprint density at radius 2 is 1.91 bits per heavy atom. The fraction of sp³-hybridized carbons (Fsp3) is 0.105. The zero-order valence-electron chi connectivity index (χ0n) is 12.4. The number of aromatic amines is 1. The van der Waals surface area contributed by atoms with Crippen LogP contribution >= 0.6 is 0 Å². The van der Waals surface area contributed by atoms with E-state index in [9.17, 15) is 0 Å². The Balaban J connectivity index is 1.75. The van der Waals surface area contributed by atoms with Gasteiger partial charge in [-0.15, -0.1) is 0 Å². The van der Waals surface area contributed by atoms with Gasteiger partial charge >= 0.3 is 0 Å². The summed E-state index contributed by atoms with van der Waals surface area (Å²) in [5.41, 5.74) is 4.79. The lowest BCUT2D eigenvalue weighted by atomic mass is 10.1. The van der Waals surface area contributed by atoms with Crippen LogP contribution in [0.25, 0.3) is 21.8 Å². The van der Waals surface area contributed by atoms with E-state index in [0.717, 1.165) is 28.8 Å². The molecule has 22 heavy (non-hydrogen) atoms. The number of rotatable bonds is 3. The maximum Gasteiger partial charge on any atom is 0.136 e. The molecule has 3 nitrogen and oxygen atoms in total. The number of nitrogens with zero attached hydrogens (tertiary/aromatic N) is 1. The first kappa shape index (κ1) is 12.9. The molecule has 2 aromatic carbocycles. The number of para-hydroxylation sites is 1. The minimum absolute atomic E-state index is 0.771. The Hall–Kier alpha value is -2.81. The molecule has 4 rings (SSSR count). The van der Waals surface area contributed by atoms with Crippen LogP contribution in [0.5, 0.6) is 0 Å². The molecule has 4 aromatic rings. The lowest BCUT2D eigenvalue weighted by Crippen LogP contribution is -2.01. The van der Waals surface area contributed by atoms with E-state index in [1.807, 2.05) is 18.3 Å². The summed E-state index contributed by atoms with van der Waals surface area (Å²) in [5, 5.41) is 5.84. The highest BCUT2D eigenvalue weighted by atomic mass is 15.0. The summed E-state index contributed by atoms with van der Waals surface area (Å²) in [6.07, 6.45) is 1.84. The normalized spacial score (nSPS) is 11.1. The SMILES string of the molecule is Cc1cccc(CNc2nccc3[nH]c4ccccc4c23)c1. The second-order valence-corrected chi connectivity index (χ2v) is 5.60. The average molecular weight is 287 g/mol. The largest absolute Gasteiger partial charge is 0.365 e. The highest BCUT2D eigenvalue weighted by Crippen LogP contribution is 2.30. The molecule has 0 fully saturated rings. The maximum absolute atomic E-state index is 4.54. The summed E-state index contributed by atoms with van der Waals surface area (Å²) in [7, 11) is 0. The number of aromatic nitrogens is 2. The van der Waals surface area contributed by atoms with Crippen LogP contribution in [-0.2, 0) is 6.54 Å². The highest BCUT2D eigenvalue weighted by Gasteiger charge is 2.09. The predicted molar refractivity (Wildman–Crippen MR) is 92.1 cm³/mol. The molecule has 0 aliphatic carbocycles. The quantitative estimate of drug-likeness (QED) is 0.576. The molecule has 0 unspecified atom stereocenters. The number of benzene rings is 2. The summed E-state index contributed by atoms with van der Waals surface area (Å²) >= 11 is 0. The number of H-pyrrole nitrogens is 1. The van der Waals surface area contributed by atoms with Gasteiger partial charge in [-0.1, -0.05) is 48.0 Å². The van der Waals surface area contributed by atoms with Crippen molar-refractivity contribution in [2.45, 2.75) is 13.5 Å². The van der Waals surface area contributed by atoms with E-state index in [-0.39, 0.29) is 0 Å². The van der Waals surface area contributed by atoms with Gasteiger partial charge in [0, 0.05) is 29.0 Å². The van der Waals surface area contributed by atoms with Crippen molar-refractivity contribution in [3.8, 4) is 0 Å². The van der Waals surface area contributed by atoms with Crippen LogP contribution in [0.2, 0.25) is 0 Å². The Bertz CT molecular complexity index is 953. The molecular formula is C19H17N3. The summed E-state index contributed by atoms with van der Waals surface area (Å²) < 4.78 is 0. The van der Waals surface area contributed by atoms with Crippen LogP contribution in [0, 0.1) is 6.92 Å². The molecule has 0 bridgehead atoms. The lowest BCUT2D eigenvalue weighted by Gasteiger charge is -2.08. The lowest BCUT2D eigenvalue weighted by molar-refractivity contribution is 1.11. The minimum atomic E-state index is 0.771. The van der Waals surface area contributed by atoms with Gasteiger partial charge in [0.05, 0.1) is 5.52 Å². The maximum atomic E-state index is 4.54. The van der Waals surface area contributed by atoms with Crippen LogP contribution < -0.4 is 5.32 Å². The van der Waals surface area contributed by atoms with Crippen LogP contribution in [0.15, 0.2) is 60.8 Å². The van der Waals surface area contributed by atoms with Crippen molar-refractivity contribution in [1.29, 1.82) is 0 Å². The molecule has 0 amide bonds. The van der Waals surface area contributed by atoms with Crippen molar-refractivity contribution in [1.82, 2.24) is 9.97 Å². The van der Waals surface area contributed by atoms with E-state index in [1.165, 1.54) is 16.5 Å². The first-order chi connectivity index (χ1) is 10.8. The number of hydrogen-bond donors (Lipinski definition) is 2. The number of fused-ring (bicyclic) bond motifs is 3. The molecule has 108 valence electrons. The van der Waals surface area contributed by atoms with Gasteiger partial charge in [0.1, 0.15) is 5.82 Å². The van der Waals surface area contributed by atoms with Crippen molar-refractivity contribution in [3.05, 3.63) is 71.9 Å². The molecule has 0 radical (unpaired) electrons. The van der Waals surface area contributed by atoms with E-state index in [1.54, 1.807) is 0 Å². The van der Waals surface area contributed by atoms with Gasteiger partial charge in [-0.25, -0.2) is 4.98 Å². The van der Waals surface area contributed by atoms with Gasteiger partial charge in [-0.2, -0.15) is 0 Å². The average Bonchev–Trinajstić information content (AvgIpc) is 2.92. The molecule has 2 aromatic heterocycles. The van der Waals surface area contributed by atoms with Crippen molar-refractivity contribution in [3.63, 3.8) is 0 Å². The Labute approximate surface area is 129 Å². The topological polar surface area (TPSA) is 40.7 Å². The van der Waals surface area contributed by atoms with Gasteiger partial charge in [-0.3, -0.25) is 0 Å². The molecule has 2 heterocycles. The second-order valence-electron chi connectivity index (χ2n) is 5.60. The smallest absolute Gasteiger partial charge is 0.136 e. The highest BCUT2D eigenvalue weighted by molar-refractivity contribution is 6.12. The molecule has 2 N–H and O–H groups in total. The Morgan fingerprint density at radius 3 is 2.82 bits per heavy atom. The molecule has 0 saturated carbocycles. The molecule has 3 heteroatoms. The van der Waals surface area contributed by atoms with E-state index < -0.39 is 0 Å². The van der Waals surface area contributed by atoms with Crippen molar-refractivity contribution >= 4 is 27.6 Å². The molecule has 0 aliphatic rings. The number of anilines is 1. The minimum Gasteiger partial charge on any atom is -0.365 e. The van der Waals surface area contributed by atoms with Gasteiger partial charge < -0.3 is 10.3 Å². The zero-order valence-corrected chi connectivity index (χ0v) is 12.4. The first-order valence-electron chi connectivity index (χ1n) is 7.46. The van der Waals surface area contributed by atoms with Gasteiger partial charge in [0.15, 0.2) is 0 Å². The van der Waals surface area contributed by atoms with Gasteiger partial charge in [-0.05, 0) is 24.6 Å². The molecule has 0 saturated heterocycles. The number of aryl methyl sites for hydroxylation is 1. The third kappa shape index (κ3) is 2.21. The molecule has 0 atom stereocenters. The van der Waals surface area contributed by atoms with Crippen molar-refractivity contribution in [2.24, 2.45) is 0 Å². The summed E-state index contributed by atoms with van der Waals surface area (Å²) in [6, 6.07) is 18.9. The fourth-order valence-electron chi connectivity index (χ4n) is 2.94. The Kier molecular flexibility index (Phi) is 3.04. The fourth-order valence-corrected chi connectivity index (χ4v) is 2.94. The predicted octanol–water partition coefficient (Wildman–Crippen LogP) is 4.64. The van der Waals surface area contributed by atoms with Crippen molar-refractivity contribution < 1.29 is 0 Å². The Morgan fingerprint density at radius 1 is 1.00 bits per heavy atom. The van der Waals surface area contributed by atoms with Gasteiger partial charge in [0.2, 0.25) is 0 Å². The standard InChI is InChI=1S/C19H17N3/c1-13-5-4-6-14(11-13)12-21-19-18-15-7-2-3-8-16(15)22-17(18)9-10-20-19/h2-11,22H,12H2,1H3,(H,20,21). The first-order valence-corrected chi connectivity index (χ1v) is 7.46. The number of pyridine rings is 1. The van der Waals surface area contributed by atoms with E-state index in [2.05, 4.69) is 64.7 Å². The number of nitrogens with one attached hydrogen (secondary N) is 2. The third-order valence-corrected chi connectivity index (χ3v) is 3.96. The van der Waals surface area contributed by atoms with Crippen molar-refractivity contribution in [2.75, 3.05) is 5.32 Å². The van der Waals surface area contributed by atoms with E-state index in [4.69, 9.17) is 0 Å². The van der Waals surface area contributed by atoms with Gasteiger partial charge in [0.25, 0.3) is 0 Å². The molecule has 0 aliphatic heterocycles.